The number of carbonyl (C=O) groups is 2. The molecule has 0 aliphatic rings. The van der Waals surface area contributed by atoms with Crippen molar-refractivity contribution >= 4 is 48.7 Å². The maximum absolute atomic E-state index is 13.7. The summed E-state index contributed by atoms with van der Waals surface area (Å²) in [5.74, 6) is -1.19. The second-order valence-electron chi connectivity index (χ2n) is 11.7. The number of benzene rings is 4. The minimum absolute atomic E-state index is 0.0376. The van der Waals surface area contributed by atoms with Gasteiger partial charge in [0.1, 0.15) is 19.2 Å². The topological polar surface area (TPSA) is 212 Å². The third-order valence-electron chi connectivity index (χ3n) is 7.55. The average Bonchev–Trinajstić information content (AvgIpc) is 3.10. The molecule has 0 bridgehead atoms. The number of hydrogen-bond donors (Lipinski definition) is 4. The molecule has 0 unspecified atom stereocenters. The van der Waals surface area contributed by atoms with E-state index in [1.807, 2.05) is 68.4 Å². The van der Waals surface area contributed by atoms with E-state index < -0.39 is 38.1 Å². The molecule has 6 N–H and O–H groups in total. The van der Waals surface area contributed by atoms with Crippen LogP contribution in [0.4, 0.5) is 0 Å². The minimum Gasteiger partial charge on any atom is -0.459 e. The summed E-state index contributed by atoms with van der Waals surface area (Å²) in [6.07, 6.45) is 1.88. The Hall–Kier alpha value is -4.83. The summed E-state index contributed by atoms with van der Waals surface area (Å²) in [7, 11) is -8.10. The van der Waals surface area contributed by atoms with Crippen molar-refractivity contribution in [2.45, 2.75) is 62.0 Å². The number of rotatable bonds is 16. The largest absolute Gasteiger partial charge is 0.459 e. The van der Waals surface area contributed by atoms with Crippen LogP contribution in [0.2, 0.25) is 0 Å². The average molecular weight is 740 g/mol. The number of amides is 1. The van der Waals surface area contributed by atoms with E-state index in [0.29, 0.717) is 12.8 Å². The Kier molecular flexibility index (Phi) is 15.5. The van der Waals surface area contributed by atoms with E-state index in [2.05, 4.69) is 9.71 Å². The van der Waals surface area contributed by atoms with Gasteiger partial charge in [0.2, 0.25) is 15.9 Å². The van der Waals surface area contributed by atoms with Crippen molar-refractivity contribution in [2.24, 2.45) is 16.5 Å². The van der Waals surface area contributed by atoms with Gasteiger partial charge >= 0.3 is 5.97 Å². The fourth-order valence-corrected chi connectivity index (χ4v) is 6.55. The number of nitrogens with two attached hydrogens (primary N) is 2. The summed E-state index contributed by atoms with van der Waals surface area (Å²) >= 11 is 0. The van der Waals surface area contributed by atoms with Gasteiger partial charge in [-0.05, 0) is 66.8 Å². The van der Waals surface area contributed by atoms with Gasteiger partial charge in [-0.25, -0.2) is 8.42 Å². The molecule has 1 atom stereocenters. The van der Waals surface area contributed by atoms with E-state index in [-0.39, 0.29) is 48.4 Å². The summed E-state index contributed by atoms with van der Waals surface area (Å²) < 4.78 is 64.3. The number of guanidine groups is 1. The summed E-state index contributed by atoms with van der Waals surface area (Å²) in [6.45, 7) is 4.08. The number of carbonyl (C=O) groups excluding carboxylic acids is 2. The molecule has 0 radical (unpaired) electrons. The summed E-state index contributed by atoms with van der Waals surface area (Å²) in [5.41, 5.74) is 12.6. The first-order valence-electron chi connectivity index (χ1n) is 16.3. The molecule has 15 heteroatoms. The number of aryl methyl sites for hydroxylation is 1. The van der Waals surface area contributed by atoms with Crippen LogP contribution in [0.5, 0.6) is 0 Å². The molecular weight excluding hydrogens is 695 g/mol. The van der Waals surface area contributed by atoms with E-state index in [9.17, 15) is 26.4 Å². The smallest absolute Gasteiger partial charge is 0.325 e. The Labute approximate surface area is 299 Å². The minimum atomic E-state index is -4.08. The monoisotopic (exact) mass is 739 g/mol. The molecule has 0 spiro atoms. The van der Waals surface area contributed by atoms with Crippen LogP contribution in [-0.2, 0) is 41.1 Å². The lowest BCUT2D eigenvalue weighted by atomic mass is 10.1. The Bertz CT molecular complexity index is 1990. The second-order valence-corrected chi connectivity index (χ2v) is 14.8. The van der Waals surface area contributed by atoms with Crippen molar-refractivity contribution in [3.05, 3.63) is 108 Å². The molecule has 0 fully saturated rings. The van der Waals surface area contributed by atoms with E-state index in [1.165, 1.54) is 23.1 Å². The lowest BCUT2D eigenvalue weighted by Crippen LogP contribution is -2.50. The highest BCUT2D eigenvalue weighted by molar-refractivity contribution is 7.89. The van der Waals surface area contributed by atoms with Gasteiger partial charge in [-0.2, -0.15) is 13.1 Å². The molecular formula is C36H45N5O8S2. The second kappa shape index (κ2) is 19.5. The molecule has 4 aromatic rings. The molecule has 0 saturated heterocycles. The first kappa shape index (κ1) is 40.6. The van der Waals surface area contributed by atoms with Gasteiger partial charge in [-0.15, -0.1) is 0 Å². The Balaban J connectivity index is 0.000000542. The van der Waals surface area contributed by atoms with Gasteiger partial charge in [0.05, 0.1) is 9.79 Å². The highest BCUT2D eigenvalue weighted by Crippen LogP contribution is 2.20. The maximum atomic E-state index is 13.7. The van der Waals surface area contributed by atoms with Crippen LogP contribution in [0.15, 0.2) is 112 Å². The normalized spacial score (nSPS) is 11.9. The SMILES string of the molecule is CCCCN(CC(=O)OCc1ccccc1)C(=O)[C@H](CCCN=C(N)N)NS(=O)(=O)c1ccc2ccccc2c1.Cc1ccc(S(=O)(=O)O)cc1. The van der Waals surface area contributed by atoms with Gasteiger partial charge in [0, 0.05) is 13.1 Å². The van der Waals surface area contributed by atoms with Gasteiger partial charge in [-0.1, -0.05) is 91.7 Å². The fourth-order valence-electron chi connectivity index (χ4n) is 4.81. The zero-order valence-electron chi connectivity index (χ0n) is 28.6. The Morgan fingerprint density at radius 2 is 1.49 bits per heavy atom. The molecule has 0 aromatic heterocycles. The number of unbranched alkanes of at least 4 members (excludes halogenated alkanes) is 1. The van der Waals surface area contributed by atoms with Gasteiger partial charge in [0.25, 0.3) is 10.1 Å². The zero-order chi connectivity index (χ0) is 37.4. The van der Waals surface area contributed by atoms with Gasteiger partial charge in [-0.3, -0.25) is 19.1 Å². The van der Waals surface area contributed by atoms with Crippen molar-refractivity contribution < 1.29 is 35.7 Å². The van der Waals surface area contributed by atoms with Gasteiger partial charge in [0.15, 0.2) is 5.96 Å². The number of aliphatic imine (C=N–C) groups is 1. The molecule has 1 amide bonds. The molecule has 0 aliphatic heterocycles. The quantitative estimate of drug-likeness (QED) is 0.0424. The predicted octanol–water partition coefficient (Wildman–Crippen LogP) is 4.15. The Morgan fingerprint density at radius 3 is 2.12 bits per heavy atom. The van der Waals surface area contributed by atoms with E-state index >= 15 is 0 Å². The molecule has 51 heavy (non-hydrogen) atoms. The van der Waals surface area contributed by atoms with Crippen molar-refractivity contribution in [1.29, 1.82) is 0 Å². The number of hydrogen-bond acceptors (Lipinski definition) is 8. The standard InChI is InChI=1S/C29H37N5O5S.C7H8O3S/c1-2-3-18-34(20-27(35)39-21-22-10-5-4-6-11-22)28(36)26(14-9-17-32-29(30)31)33-40(37,38)25-16-15-23-12-7-8-13-24(23)19-25;1-6-2-4-7(5-3-6)11(8,9)10/h4-8,10-13,15-16,19,26,33H,2-3,9,14,17-18,20-21H2,1H3,(H4,30,31,32);2-5H,1H3,(H,8,9,10)/t26-;/m0./s1. The van der Waals surface area contributed by atoms with Crippen LogP contribution in [0.3, 0.4) is 0 Å². The number of ether oxygens (including phenoxy) is 1. The van der Waals surface area contributed by atoms with Crippen molar-refractivity contribution in [3.8, 4) is 0 Å². The van der Waals surface area contributed by atoms with E-state index in [1.54, 1.807) is 24.3 Å². The van der Waals surface area contributed by atoms with E-state index in [0.717, 1.165) is 28.3 Å². The van der Waals surface area contributed by atoms with Crippen molar-refractivity contribution in [1.82, 2.24) is 9.62 Å². The van der Waals surface area contributed by atoms with Crippen molar-refractivity contribution in [3.63, 3.8) is 0 Å². The Morgan fingerprint density at radius 1 is 0.863 bits per heavy atom. The molecule has 0 saturated carbocycles. The van der Waals surface area contributed by atoms with Gasteiger partial charge < -0.3 is 21.1 Å². The number of nitrogens with one attached hydrogen (secondary N) is 1. The van der Waals surface area contributed by atoms with Crippen LogP contribution >= 0.6 is 0 Å². The lowest BCUT2D eigenvalue weighted by Gasteiger charge is -2.27. The molecule has 0 heterocycles. The van der Waals surface area contributed by atoms with Crippen LogP contribution in [0.25, 0.3) is 10.8 Å². The van der Waals surface area contributed by atoms with Crippen LogP contribution < -0.4 is 16.2 Å². The third-order valence-corrected chi connectivity index (χ3v) is 9.88. The van der Waals surface area contributed by atoms with Crippen molar-refractivity contribution in [2.75, 3.05) is 19.6 Å². The molecule has 4 rings (SSSR count). The van der Waals surface area contributed by atoms with Crippen LogP contribution in [0, 0.1) is 6.92 Å². The zero-order valence-corrected chi connectivity index (χ0v) is 30.3. The maximum Gasteiger partial charge on any atom is 0.325 e. The molecule has 274 valence electrons. The third kappa shape index (κ3) is 13.8. The fraction of sp³-hybridized carbons (Fsp3) is 0.306. The number of esters is 1. The number of sulfonamides is 1. The number of fused-ring (bicyclic) bond motifs is 1. The summed E-state index contributed by atoms with van der Waals surface area (Å²) in [6, 6.07) is 26.3. The molecule has 4 aromatic carbocycles. The first-order chi connectivity index (χ1) is 24.2. The highest BCUT2D eigenvalue weighted by Gasteiger charge is 2.30. The van der Waals surface area contributed by atoms with E-state index in [4.69, 9.17) is 20.8 Å². The van der Waals surface area contributed by atoms with Crippen LogP contribution in [0.1, 0.15) is 43.7 Å². The number of nitrogens with zero attached hydrogens (tertiary/aromatic N) is 2. The van der Waals surface area contributed by atoms with Crippen LogP contribution in [-0.4, -0.2) is 69.8 Å². The first-order valence-corrected chi connectivity index (χ1v) is 19.2. The summed E-state index contributed by atoms with van der Waals surface area (Å²) in [5, 5.41) is 1.65. The molecule has 0 aliphatic carbocycles. The summed E-state index contributed by atoms with van der Waals surface area (Å²) in [4.78, 5) is 31.7. The molecule has 13 nitrogen and oxygen atoms in total. The lowest BCUT2D eigenvalue weighted by molar-refractivity contribution is -0.151. The highest BCUT2D eigenvalue weighted by atomic mass is 32.2. The predicted molar refractivity (Wildman–Crippen MR) is 197 cm³/mol.